The van der Waals surface area contributed by atoms with Crippen LogP contribution in [0.1, 0.15) is 45.6 Å². The van der Waals surface area contributed by atoms with Gasteiger partial charge in [-0.3, -0.25) is 4.79 Å². The number of aromatic hydroxyl groups is 1. The number of aliphatic hydroxyl groups excluding tert-OH is 1. The van der Waals surface area contributed by atoms with E-state index in [-0.39, 0.29) is 41.1 Å². The van der Waals surface area contributed by atoms with Crippen molar-refractivity contribution < 1.29 is 24.9 Å². The molecule has 0 aromatic heterocycles. The fourth-order valence-corrected chi connectivity index (χ4v) is 5.43. The maximum Gasteiger partial charge on any atom is 0.143 e. The fourth-order valence-electron chi connectivity index (χ4n) is 5.43. The molecule has 1 heterocycles. The molecule has 2 aliphatic carbocycles. The van der Waals surface area contributed by atoms with Crippen molar-refractivity contribution in [3.05, 3.63) is 35.6 Å². The minimum Gasteiger partial charge on any atom is -0.508 e. The molecule has 0 amide bonds. The van der Waals surface area contributed by atoms with Crippen LogP contribution in [0.5, 0.6) is 11.5 Å². The standard InChI is InChI=1S/C21H26O5/c1-10-16-17(14(23)8-21(4,25)19(16)24)13-9-26-15-7-11(22)5-6-12(15)18(13)20(10,2)3/h5-7,9-10,16-19,22,24-25H,8H2,1-4H3/t10-,16+,17?,18+,19+,21+/m0/s1. The number of carbonyl (C=O) groups excluding carboxylic acids is 1. The van der Waals surface area contributed by atoms with Gasteiger partial charge >= 0.3 is 0 Å². The Hall–Kier alpha value is -1.85. The van der Waals surface area contributed by atoms with Crippen LogP contribution in [0.25, 0.3) is 0 Å². The van der Waals surface area contributed by atoms with Gasteiger partial charge < -0.3 is 20.1 Å². The molecule has 4 rings (SSSR count). The van der Waals surface area contributed by atoms with Gasteiger partial charge in [0.1, 0.15) is 17.3 Å². The van der Waals surface area contributed by atoms with Crippen molar-refractivity contribution in [1.82, 2.24) is 0 Å². The molecule has 0 radical (unpaired) electrons. The highest BCUT2D eigenvalue weighted by atomic mass is 16.5. The van der Waals surface area contributed by atoms with Gasteiger partial charge in [0, 0.05) is 35.8 Å². The van der Waals surface area contributed by atoms with Crippen LogP contribution in [-0.4, -0.2) is 32.8 Å². The van der Waals surface area contributed by atoms with Crippen molar-refractivity contribution >= 4 is 5.78 Å². The number of rotatable bonds is 0. The highest BCUT2D eigenvalue weighted by molar-refractivity contribution is 5.87. The molecule has 2 saturated carbocycles. The first-order chi connectivity index (χ1) is 12.1. The van der Waals surface area contributed by atoms with Crippen LogP contribution < -0.4 is 4.74 Å². The highest BCUT2D eigenvalue weighted by Gasteiger charge is 2.61. The second-order valence-electron chi connectivity index (χ2n) is 9.00. The predicted molar refractivity (Wildman–Crippen MR) is 95.7 cm³/mol. The third-order valence-corrected chi connectivity index (χ3v) is 7.08. The first-order valence-corrected chi connectivity index (χ1v) is 9.18. The summed E-state index contributed by atoms with van der Waals surface area (Å²) in [5.74, 6) is -0.156. The molecule has 3 aliphatic rings. The van der Waals surface area contributed by atoms with Crippen molar-refractivity contribution in [1.29, 1.82) is 0 Å². The first kappa shape index (κ1) is 17.6. The van der Waals surface area contributed by atoms with Crippen LogP contribution in [0.15, 0.2) is 30.0 Å². The Morgan fingerprint density at radius 1 is 1.23 bits per heavy atom. The summed E-state index contributed by atoms with van der Waals surface area (Å²) in [6.07, 6.45) is 0.597. The van der Waals surface area contributed by atoms with Crippen molar-refractivity contribution in [2.24, 2.45) is 23.2 Å². The number of Topliss-reactive ketones (excluding diaryl/α,β-unsaturated/α-hetero) is 1. The number of allylic oxidation sites excluding steroid dienone is 1. The second kappa shape index (κ2) is 5.33. The van der Waals surface area contributed by atoms with Gasteiger partial charge in [0.2, 0.25) is 0 Å². The van der Waals surface area contributed by atoms with Crippen molar-refractivity contribution in [2.45, 2.75) is 51.7 Å². The molecule has 26 heavy (non-hydrogen) atoms. The monoisotopic (exact) mass is 358 g/mol. The number of benzene rings is 1. The van der Waals surface area contributed by atoms with E-state index in [1.807, 2.05) is 6.07 Å². The molecular weight excluding hydrogens is 332 g/mol. The second-order valence-corrected chi connectivity index (χ2v) is 9.00. The molecule has 3 N–H and O–H groups in total. The molecule has 1 aromatic rings. The van der Waals surface area contributed by atoms with Gasteiger partial charge in [0.05, 0.1) is 18.0 Å². The zero-order chi connectivity index (χ0) is 19.0. The lowest BCUT2D eigenvalue weighted by molar-refractivity contribution is -0.173. The van der Waals surface area contributed by atoms with Crippen LogP contribution in [0.3, 0.4) is 0 Å². The van der Waals surface area contributed by atoms with E-state index in [1.165, 1.54) is 0 Å². The Morgan fingerprint density at radius 2 is 1.92 bits per heavy atom. The van der Waals surface area contributed by atoms with E-state index in [0.717, 1.165) is 11.1 Å². The number of hydrogen-bond acceptors (Lipinski definition) is 5. The minimum absolute atomic E-state index is 0.000119. The van der Waals surface area contributed by atoms with Gasteiger partial charge in [-0.2, -0.15) is 0 Å². The molecule has 0 bridgehead atoms. The molecule has 5 heteroatoms. The summed E-state index contributed by atoms with van der Waals surface area (Å²) in [7, 11) is 0. The number of fused-ring (bicyclic) bond motifs is 5. The largest absolute Gasteiger partial charge is 0.508 e. The smallest absolute Gasteiger partial charge is 0.143 e. The minimum atomic E-state index is -1.41. The average Bonchev–Trinajstić information content (AvgIpc) is 2.55. The van der Waals surface area contributed by atoms with Crippen molar-refractivity contribution in [3.8, 4) is 11.5 Å². The van der Waals surface area contributed by atoms with Crippen molar-refractivity contribution in [2.75, 3.05) is 0 Å². The van der Waals surface area contributed by atoms with Crippen LogP contribution in [0.4, 0.5) is 0 Å². The van der Waals surface area contributed by atoms with Crippen LogP contribution in [0.2, 0.25) is 0 Å². The quantitative estimate of drug-likeness (QED) is 0.664. The average molecular weight is 358 g/mol. The molecule has 0 spiro atoms. The molecule has 140 valence electrons. The zero-order valence-corrected chi connectivity index (χ0v) is 15.6. The lowest BCUT2D eigenvalue weighted by atomic mass is 9.47. The Kier molecular flexibility index (Phi) is 3.60. The third kappa shape index (κ3) is 2.20. The van der Waals surface area contributed by atoms with Crippen LogP contribution >= 0.6 is 0 Å². The van der Waals surface area contributed by atoms with Crippen LogP contribution in [0, 0.1) is 23.2 Å². The maximum atomic E-state index is 13.0. The summed E-state index contributed by atoms with van der Waals surface area (Å²) in [6, 6.07) is 5.09. The Bertz CT molecular complexity index is 807. The number of phenols is 1. The summed E-state index contributed by atoms with van der Waals surface area (Å²) in [5, 5.41) is 31.2. The van der Waals surface area contributed by atoms with Crippen molar-refractivity contribution in [3.63, 3.8) is 0 Å². The van der Waals surface area contributed by atoms with E-state index in [0.29, 0.717) is 5.75 Å². The third-order valence-electron chi connectivity index (χ3n) is 7.08. The van der Waals surface area contributed by atoms with E-state index in [9.17, 15) is 20.1 Å². The predicted octanol–water partition coefficient (Wildman–Crippen LogP) is 2.75. The normalized spacial score (nSPS) is 40.6. The SMILES string of the molecule is C[C@H]1[C@@H]2C(C(=O)C[C@@](C)(O)[C@@H]2O)C2=COc3cc(O)ccc3[C@H]2C1(C)C. The Morgan fingerprint density at radius 3 is 2.62 bits per heavy atom. The molecule has 1 aromatic carbocycles. The molecule has 6 atom stereocenters. The van der Waals surface area contributed by atoms with E-state index in [2.05, 4.69) is 20.8 Å². The molecule has 1 unspecified atom stereocenters. The van der Waals surface area contributed by atoms with Gasteiger partial charge in [-0.25, -0.2) is 0 Å². The number of ether oxygens (including phenoxy) is 1. The zero-order valence-electron chi connectivity index (χ0n) is 15.6. The molecule has 0 saturated heterocycles. The highest BCUT2D eigenvalue weighted by Crippen LogP contribution is 2.62. The molecule has 5 nitrogen and oxygen atoms in total. The topological polar surface area (TPSA) is 87.0 Å². The lowest BCUT2D eigenvalue weighted by Gasteiger charge is -2.58. The molecule has 1 aliphatic heterocycles. The lowest BCUT2D eigenvalue weighted by Crippen LogP contribution is -2.62. The van der Waals surface area contributed by atoms with E-state index >= 15 is 0 Å². The summed E-state index contributed by atoms with van der Waals surface area (Å²) in [5.41, 5.74) is 0.151. The van der Waals surface area contributed by atoms with Crippen LogP contribution in [-0.2, 0) is 4.79 Å². The van der Waals surface area contributed by atoms with E-state index < -0.39 is 17.6 Å². The maximum absolute atomic E-state index is 13.0. The summed E-state index contributed by atoms with van der Waals surface area (Å²) >= 11 is 0. The van der Waals surface area contributed by atoms with E-state index in [1.54, 1.807) is 25.3 Å². The number of aliphatic hydroxyl groups is 2. The molecule has 2 fully saturated rings. The van der Waals surface area contributed by atoms with Gasteiger partial charge in [-0.1, -0.05) is 26.8 Å². The fraction of sp³-hybridized carbons (Fsp3) is 0.571. The number of phenolic OH excluding ortho intramolecular Hbond substituents is 1. The summed E-state index contributed by atoms with van der Waals surface area (Å²) in [6.45, 7) is 7.87. The first-order valence-electron chi connectivity index (χ1n) is 9.18. The summed E-state index contributed by atoms with van der Waals surface area (Å²) in [4.78, 5) is 13.0. The number of carbonyl (C=O) groups is 1. The van der Waals surface area contributed by atoms with Gasteiger partial charge in [0.25, 0.3) is 0 Å². The van der Waals surface area contributed by atoms with Gasteiger partial charge in [-0.05, 0) is 29.9 Å². The summed E-state index contributed by atoms with van der Waals surface area (Å²) < 4.78 is 5.77. The van der Waals surface area contributed by atoms with Gasteiger partial charge in [-0.15, -0.1) is 0 Å². The Balaban J connectivity index is 1.88. The van der Waals surface area contributed by atoms with Gasteiger partial charge in [0.15, 0.2) is 0 Å². The Labute approximate surface area is 153 Å². The number of ketones is 1. The van der Waals surface area contributed by atoms with E-state index in [4.69, 9.17) is 4.74 Å². The number of hydrogen-bond donors (Lipinski definition) is 3. The molecular formula is C21H26O5.